The molecule has 0 aliphatic heterocycles. The first-order chi connectivity index (χ1) is 6.92. The Morgan fingerprint density at radius 3 is 2.67 bits per heavy atom. The van der Waals surface area contributed by atoms with Gasteiger partial charge in [0.05, 0.1) is 12.1 Å². The Bertz CT molecular complexity index is 353. The summed E-state index contributed by atoms with van der Waals surface area (Å²) >= 11 is 0. The molecule has 3 heteroatoms. The van der Waals surface area contributed by atoms with Crippen molar-refractivity contribution in [3.63, 3.8) is 0 Å². The second kappa shape index (κ2) is 4.55. The van der Waals surface area contributed by atoms with E-state index in [4.69, 9.17) is 5.73 Å². The minimum atomic E-state index is -0.760. The zero-order chi connectivity index (χ0) is 11.5. The molecule has 3 nitrogen and oxygen atoms in total. The van der Waals surface area contributed by atoms with Gasteiger partial charge >= 0.3 is 0 Å². The number of ketones is 1. The van der Waals surface area contributed by atoms with Gasteiger partial charge in [-0.1, -0.05) is 18.2 Å². The van der Waals surface area contributed by atoms with Crippen molar-refractivity contribution in [3.05, 3.63) is 35.4 Å². The summed E-state index contributed by atoms with van der Waals surface area (Å²) in [6.45, 7) is 3.50. The van der Waals surface area contributed by atoms with Crippen LogP contribution < -0.4 is 5.73 Å². The van der Waals surface area contributed by atoms with Crippen LogP contribution in [0.15, 0.2) is 24.3 Å². The topological polar surface area (TPSA) is 63.3 Å². The average Bonchev–Trinajstić information content (AvgIpc) is 2.14. The van der Waals surface area contributed by atoms with Crippen LogP contribution in [-0.2, 0) is 6.42 Å². The molecular weight excluding hydrogens is 190 g/mol. The predicted molar refractivity (Wildman–Crippen MR) is 59.8 cm³/mol. The summed E-state index contributed by atoms with van der Waals surface area (Å²) in [5.41, 5.74) is 6.08. The largest absolute Gasteiger partial charge is 0.390 e. The molecule has 1 rings (SSSR count). The number of aliphatic hydroxyl groups is 1. The minimum absolute atomic E-state index is 0.0198. The molecule has 0 saturated carbocycles. The first-order valence-corrected chi connectivity index (χ1v) is 4.97. The van der Waals surface area contributed by atoms with Crippen LogP contribution in [0.25, 0.3) is 0 Å². The second-order valence-corrected chi connectivity index (χ2v) is 4.32. The highest BCUT2D eigenvalue weighted by molar-refractivity contribution is 5.97. The molecule has 82 valence electrons. The van der Waals surface area contributed by atoms with Gasteiger partial charge in [-0.3, -0.25) is 4.79 Å². The van der Waals surface area contributed by atoms with Gasteiger partial charge in [-0.15, -0.1) is 0 Å². The highest BCUT2D eigenvalue weighted by Crippen LogP contribution is 2.13. The van der Waals surface area contributed by atoms with Crippen molar-refractivity contribution in [2.75, 3.05) is 6.54 Å². The number of nitrogens with two attached hydrogens (primary N) is 1. The Hall–Kier alpha value is -1.19. The summed E-state index contributed by atoms with van der Waals surface area (Å²) in [7, 11) is 0. The lowest BCUT2D eigenvalue weighted by Crippen LogP contribution is -2.22. The third kappa shape index (κ3) is 3.81. The summed E-state index contributed by atoms with van der Waals surface area (Å²) < 4.78 is 0. The molecular formula is C12H17NO2. The molecule has 0 aromatic heterocycles. The van der Waals surface area contributed by atoms with Gasteiger partial charge in [-0.25, -0.2) is 0 Å². The molecule has 1 aromatic rings. The van der Waals surface area contributed by atoms with Crippen LogP contribution in [0.1, 0.15) is 29.8 Å². The molecule has 0 aliphatic rings. The van der Waals surface area contributed by atoms with Crippen molar-refractivity contribution in [2.45, 2.75) is 25.9 Å². The van der Waals surface area contributed by atoms with E-state index < -0.39 is 5.60 Å². The summed E-state index contributed by atoms with van der Waals surface area (Å²) in [5.74, 6) is -0.0763. The fourth-order valence-electron chi connectivity index (χ4n) is 1.47. The fourth-order valence-corrected chi connectivity index (χ4v) is 1.47. The van der Waals surface area contributed by atoms with Gasteiger partial charge < -0.3 is 10.8 Å². The van der Waals surface area contributed by atoms with E-state index in [1.54, 1.807) is 26.0 Å². The van der Waals surface area contributed by atoms with Crippen LogP contribution in [0.5, 0.6) is 0 Å². The molecule has 0 radical (unpaired) electrons. The zero-order valence-electron chi connectivity index (χ0n) is 9.16. The van der Waals surface area contributed by atoms with Crippen LogP contribution in [0.3, 0.4) is 0 Å². The fraction of sp³-hybridized carbons (Fsp3) is 0.417. The van der Waals surface area contributed by atoms with Crippen molar-refractivity contribution in [3.8, 4) is 0 Å². The number of hydrogen-bond acceptors (Lipinski definition) is 3. The number of hydrogen-bond donors (Lipinski definition) is 2. The van der Waals surface area contributed by atoms with E-state index in [2.05, 4.69) is 0 Å². The third-order valence-electron chi connectivity index (χ3n) is 2.07. The Kier molecular flexibility index (Phi) is 3.61. The van der Waals surface area contributed by atoms with Crippen molar-refractivity contribution >= 4 is 5.78 Å². The summed E-state index contributed by atoms with van der Waals surface area (Å²) in [6.07, 6.45) is 0.526. The zero-order valence-corrected chi connectivity index (χ0v) is 9.16. The molecule has 1 aromatic carbocycles. The van der Waals surface area contributed by atoms with Crippen LogP contribution in [0.4, 0.5) is 0 Å². The third-order valence-corrected chi connectivity index (χ3v) is 2.07. The lowest BCUT2D eigenvalue weighted by atomic mass is 9.96. The Morgan fingerprint density at radius 1 is 1.47 bits per heavy atom. The van der Waals surface area contributed by atoms with Gasteiger partial charge in [0.15, 0.2) is 5.78 Å². The molecule has 0 unspecified atom stereocenters. The summed E-state index contributed by atoms with van der Waals surface area (Å²) in [6, 6.07) is 7.23. The first kappa shape index (κ1) is 11.9. The lowest BCUT2D eigenvalue weighted by molar-refractivity contribution is 0.0808. The molecule has 0 heterocycles. The molecule has 3 N–H and O–H groups in total. The van der Waals surface area contributed by atoms with Gasteiger partial charge in [0, 0.05) is 12.0 Å². The standard InChI is InChI=1S/C12H17NO2/c1-12(2,15)7-9-4-3-5-10(6-9)11(14)8-13/h3-6,15H,7-8,13H2,1-2H3. The van der Waals surface area contributed by atoms with Crippen LogP contribution in [0, 0.1) is 0 Å². The molecule has 0 atom stereocenters. The maximum Gasteiger partial charge on any atom is 0.176 e. The van der Waals surface area contributed by atoms with E-state index in [-0.39, 0.29) is 12.3 Å². The van der Waals surface area contributed by atoms with Gasteiger partial charge in [0.25, 0.3) is 0 Å². The highest BCUT2D eigenvalue weighted by Gasteiger charge is 2.14. The molecule has 0 saturated heterocycles. The number of carbonyl (C=O) groups excluding carboxylic acids is 1. The molecule has 15 heavy (non-hydrogen) atoms. The van der Waals surface area contributed by atoms with E-state index in [1.165, 1.54) is 0 Å². The van der Waals surface area contributed by atoms with E-state index in [0.717, 1.165) is 5.56 Å². The Labute approximate surface area is 89.9 Å². The monoisotopic (exact) mass is 207 g/mol. The number of carbonyl (C=O) groups is 1. The summed E-state index contributed by atoms with van der Waals surface area (Å²) in [4.78, 5) is 11.3. The lowest BCUT2D eigenvalue weighted by Gasteiger charge is -2.17. The number of Topliss-reactive ketones (excluding diaryl/α,β-unsaturated/α-hetero) is 1. The van der Waals surface area contributed by atoms with Gasteiger partial charge in [-0.05, 0) is 25.5 Å². The normalized spacial score (nSPS) is 11.5. The van der Waals surface area contributed by atoms with E-state index in [9.17, 15) is 9.90 Å². The van der Waals surface area contributed by atoms with Gasteiger partial charge in [0.1, 0.15) is 0 Å². The van der Waals surface area contributed by atoms with E-state index >= 15 is 0 Å². The highest BCUT2D eigenvalue weighted by atomic mass is 16.3. The summed E-state index contributed by atoms with van der Waals surface area (Å²) in [5, 5.41) is 9.65. The Balaban J connectivity index is 2.88. The smallest absolute Gasteiger partial charge is 0.176 e. The van der Waals surface area contributed by atoms with E-state index in [0.29, 0.717) is 12.0 Å². The van der Waals surface area contributed by atoms with Crippen molar-refractivity contribution in [2.24, 2.45) is 5.73 Å². The van der Waals surface area contributed by atoms with Gasteiger partial charge in [-0.2, -0.15) is 0 Å². The number of benzene rings is 1. The molecule has 0 fully saturated rings. The van der Waals surface area contributed by atoms with Crippen LogP contribution in [-0.4, -0.2) is 23.0 Å². The molecule has 0 spiro atoms. The molecule has 0 aliphatic carbocycles. The molecule has 0 amide bonds. The average molecular weight is 207 g/mol. The van der Waals surface area contributed by atoms with Crippen molar-refractivity contribution < 1.29 is 9.90 Å². The Morgan fingerprint density at radius 2 is 2.13 bits per heavy atom. The first-order valence-electron chi connectivity index (χ1n) is 4.97. The predicted octanol–water partition coefficient (Wildman–Crippen LogP) is 1.14. The quantitative estimate of drug-likeness (QED) is 0.728. The number of rotatable bonds is 4. The van der Waals surface area contributed by atoms with Gasteiger partial charge in [0.2, 0.25) is 0 Å². The SMILES string of the molecule is CC(C)(O)Cc1cccc(C(=O)CN)c1. The van der Waals surface area contributed by atoms with Crippen molar-refractivity contribution in [1.82, 2.24) is 0 Å². The van der Waals surface area contributed by atoms with E-state index in [1.807, 2.05) is 12.1 Å². The molecule has 0 bridgehead atoms. The maximum atomic E-state index is 11.3. The van der Waals surface area contributed by atoms with Crippen LogP contribution in [0.2, 0.25) is 0 Å². The minimum Gasteiger partial charge on any atom is -0.390 e. The van der Waals surface area contributed by atoms with Crippen LogP contribution >= 0.6 is 0 Å². The maximum absolute atomic E-state index is 11.3. The van der Waals surface area contributed by atoms with Crippen molar-refractivity contribution in [1.29, 1.82) is 0 Å². The second-order valence-electron chi connectivity index (χ2n) is 4.32.